The van der Waals surface area contributed by atoms with E-state index in [1.54, 1.807) is 25.3 Å². The number of halogens is 1. The van der Waals surface area contributed by atoms with Crippen LogP contribution in [0.2, 0.25) is 0 Å². The van der Waals surface area contributed by atoms with Gasteiger partial charge >= 0.3 is 0 Å². The third kappa shape index (κ3) is 3.20. The molecule has 3 nitrogen and oxygen atoms in total. The summed E-state index contributed by atoms with van der Waals surface area (Å²) in [6, 6.07) is 6.20. The van der Waals surface area contributed by atoms with E-state index >= 15 is 0 Å². The van der Waals surface area contributed by atoms with Crippen molar-refractivity contribution >= 4 is 0 Å². The first-order chi connectivity index (χ1) is 9.03. The topological polar surface area (TPSA) is 38.0 Å². The zero-order valence-corrected chi connectivity index (χ0v) is 11.3. The van der Waals surface area contributed by atoms with Gasteiger partial charge in [-0.3, -0.25) is 0 Å². The Morgan fingerprint density at radius 3 is 2.63 bits per heavy atom. The summed E-state index contributed by atoms with van der Waals surface area (Å²) in [5.41, 5.74) is -0.173. The van der Waals surface area contributed by atoms with Crippen molar-refractivity contribution in [1.82, 2.24) is 9.55 Å². The third-order valence-corrected chi connectivity index (χ3v) is 3.12. The van der Waals surface area contributed by atoms with E-state index in [0.717, 1.165) is 18.5 Å². The second kappa shape index (κ2) is 5.53. The van der Waals surface area contributed by atoms with Gasteiger partial charge in [0.15, 0.2) is 0 Å². The molecule has 4 heteroatoms. The van der Waals surface area contributed by atoms with Crippen LogP contribution >= 0.6 is 0 Å². The van der Waals surface area contributed by atoms with Crippen molar-refractivity contribution in [3.05, 3.63) is 53.9 Å². The molecule has 0 saturated carbocycles. The molecular formula is C15H19FN2O. The minimum absolute atomic E-state index is 0.268. The van der Waals surface area contributed by atoms with Gasteiger partial charge in [-0.05, 0) is 31.0 Å². The number of aryl methyl sites for hydroxylation is 1. The maximum absolute atomic E-state index is 12.9. The third-order valence-electron chi connectivity index (χ3n) is 3.12. The summed E-state index contributed by atoms with van der Waals surface area (Å²) >= 11 is 0. The molecule has 1 aromatic heterocycles. The van der Waals surface area contributed by atoms with Crippen LogP contribution < -0.4 is 0 Å². The predicted octanol–water partition coefficient (Wildman–Crippen LogP) is 2.88. The average Bonchev–Trinajstić information content (AvgIpc) is 2.81. The summed E-state index contributed by atoms with van der Waals surface area (Å²) in [5, 5.41) is 10.6. The SMILES string of the molecule is CCCn1ccnc1C(C)(O)Cc1ccc(F)cc1. The molecule has 0 bridgehead atoms. The highest BCUT2D eigenvalue weighted by Crippen LogP contribution is 2.24. The molecule has 1 heterocycles. The lowest BCUT2D eigenvalue weighted by atomic mass is 9.95. The fourth-order valence-corrected chi connectivity index (χ4v) is 2.28. The van der Waals surface area contributed by atoms with Gasteiger partial charge in [0.1, 0.15) is 17.2 Å². The number of nitrogens with zero attached hydrogens (tertiary/aromatic N) is 2. The molecule has 1 unspecified atom stereocenters. The number of rotatable bonds is 5. The van der Waals surface area contributed by atoms with Crippen LogP contribution in [-0.2, 0) is 18.6 Å². The van der Waals surface area contributed by atoms with Crippen molar-refractivity contribution < 1.29 is 9.50 Å². The maximum atomic E-state index is 12.9. The van der Waals surface area contributed by atoms with E-state index in [2.05, 4.69) is 11.9 Å². The van der Waals surface area contributed by atoms with Crippen molar-refractivity contribution in [3.63, 3.8) is 0 Å². The van der Waals surface area contributed by atoms with Crippen molar-refractivity contribution in [2.45, 2.75) is 38.8 Å². The molecular weight excluding hydrogens is 243 g/mol. The van der Waals surface area contributed by atoms with E-state index < -0.39 is 5.60 Å². The Kier molecular flexibility index (Phi) is 4.00. The summed E-state index contributed by atoms with van der Waals surface area (Å²) in [6.45, 7) is 4.65. The highest BCUT2D eigenvalue weighted by molar-refractivity contribution is 5.20. The molecule has 2 rings (SSSR count). The summed E-state index contributed by atoms with van der Waals surface area (Å²) in [5.74, 6) is 0.384. The van der Waals surface area contributed by atoms with Gasteiger partial charge < -0.3 is 9.67 Å². The Bertz CT molecular complexity index is 531. The molecule has 0 saturated heterocycles. The van der Waals surface area contributed by atoms with Crippen LogP contribution in [0.15, 0.2) is 36.7 Å². The second-order valence-corrected chi connectivity index (χ2v) is 5.02. The van der Waals surface area contributed by atoms with Gasteiger partial charge in [-0.15, -0.1) is 0 Å². The summed E-state index contributed by atoms with van der Waals surface area (Å²) in [4.78, 5) is 4.26. The van der Waals surface area contributed by atoms with Gasteiger partial charge in [0.25, 0.3) is 0 Å². The van der Waals surface area contributed by atoms with E-state index in [1.165, 1.54) is 12.1 Å². The van der Waals surface area contributed by atoms with Crippen molar-refractivity contribution in [2.24, 2.45) is 0 Å². The summed E-state index contributed by atoms with van der Waals surface area (Å²) < 4.78 is 14.8. The standard InChI is InChI=1S/C15H19FN2O/c1-3-9-18-10-8-17-14(18)15(2,19)11-12-4-6-13(16)7-5-12/h4-8,10,19H,3,9,11H2,1-2H3. The molecule has 19 heavy (non-hydrogen) atoms. The quantitative estimate of drug-likeness (QED) is 0.899. The average molecular weight is 262 g/mol. The zero-order valence-electron chi connectivity index (χ0n) is 11.3. The van der Waals surface area contributed by atoms with Gasteiger partial charge in [-0.1, -0.05) is 19.1 Å². The lowest BCUT2D eigenvalue weighted by Gasteiger charge is -2.24. The zero-order chi connectivity index (χ0) is 13.9. The van der Waals surface area contributed by atoms with E-state index in [0.29, 0.717) is 12.2 Å². The van der Waals surface area contributed by atoms with E-state index in [-0.39, 0.29) is 5.82 Å². The molecule has 0 amide bonds. The Balaban J connectivity index is 2.21. The Morgan fingerprint density at radius 2 is 2.00 bits per heavy atom. The number of imidazole rings is 1. The molecule has 0 aliphatic rings. The van der Waals surface area contributed by atoms with Crippen LogP contribution in [-0.4, -0.2) is 14.7 Å². The summed E-state index contributed by atoms with van der Waals surface area (Å²) in [7, 11) is 0. The molecule has 0 radical (unpaired) electrons. The molecule has 0 fully saturated rings. The van der Waals surface area contributed by atoms with Crippen molar-refractivity contribution in [2.75, 3.05) is 0 Å². The molecule has 0 aliphatic heterocycles. The van der Waals surface area contributed by atoms with Gasteiger partial charge in [0.2, 0.25) is 0 Å². The van der Waals surface area contributed by atoms with Crippen LogP contribution in [0.25, 0.3) is 0 Å². The number of aromatic nitrogens is 2. The van der Waals surface area contributed by atoms with Crippen molar-refractivity contribution in [3.8, 4) is 0 Å². The van der Waals surface area contributed by atoms with E-state index in [9.17, 15) is 9.50 Å². The lowest BCUT2D eigenvalue weighted by molar-refractivity contribution is 0.0442. The van der Waals surface area contributed by atoms with Crippen LogP contribution in [0.5, 0.6) is 0 Å². The molecule has 0 spiro atoms. The van der Waals surface area contributed by atoms with Gasteiger partial charge in [-0.25, -0.2) is 9.37 Å². The smallest absolute Gasteiger partial charge is 0.140 e. The normalized spacial score (nSPS) is 14.3. The van der Waals surface area contributed by atoms with Crippen molar-refractivity contribution in [1.29, 1.82) is 0 Å². The number of hydrogen-bond acceptors (Lipinski definition) is 2. The first kappa shape index (κ1) is 13.7. The van der Waals surface area contributed by atoms with Crippen LogP contribution in [0.1, 0.15) is 31.7 Å². The van der Waals surface area contributed by atoms with E-state index in [4.69, 9.17) is 0 Å². The minimum atomic E-state index is -1.06. The fraction of sp³-hybridized carbons (Fsp3) is 0.400. The largest absolute Gasteiger partial charge is 0.382 e. The molecule has 1 atom stereocenters. The first-order valence-electron chi connectivity index (χ1n) is 6.51. The highest BCUT2D eigenvalue weighted by Gasteiger charge is 2.28. The van der Waals surface area contributed by atoms with Gasteiger partial charge in [-0.2, -0.15) is 0 Å². The number of aliphatic hydroxyl groups is 1. The second-order valence-electron chi connectivity index (χ2n) is 5.02. The fourth-order valence-electron chi connectivity index (χ4n) is 2.28. The van der Waals surface area contributed by atoms with Crippen LogP contribution in [0.3, 0.4) is 0 Å². The van der Waals surface area contributed by atoms with E-state index in [1.807, 2.05) is 10.8 Å². The maximum Gasteiger partial charge on any atom is 0.140 e. The molecule has 2 aromatic rings. The molecule has 1 N–H and O–H groups in total. The Hall–Kier alpha value is -1.68. The summed E-state index contributed by atoms with van der Waals surface area (Å²) in [6.07, 6.45) is 4.96. The van der Waals surface area contributed by atoms with Crippen LogP contribution in [0, 0.1) is 5.82 Å². The monoisotopic (exact) mass is 262 g/mol. The minimum Gasteiger partial charge on any atom is -0.382 e. The number of benzene rings is 1. The lowest BCUT2D eigenvalue weighted by Crippen LogP contribution is -2.28. The highest BCUT2D eigenvalue weighted by atomic mass is 19.1. The molecule has 102 valence electrons. The Labute approximate surface area is 112 Å². The van der Waals surface area contributed by atoms with Gasteiger partial charge in [0, 0.05) is 25.4 Å². The Morgan fingerprint density at radius 1 is 1.32 bits per heavy atom. The predicted molar refractivity (Wildman–Crippen MR) is 72.2 cm³/mol. The van der Waals surface area contributed by atoms with Gasteiger partial charge in [0.05, 0.1) is 0 Å². The number of hydrogen-bond donors (Lipinski definition) is 1. The first-order valence-corrected chi connectivity index (χ1v) is 6.51. The van der Waals surface area contributed by atoms with Crippen LogP contribution in [0.4, 0.5) is 4.39 Å². The molecule has 0 aliphatic carbocycles. The molecule has 1 aromatic carbocycles.